The highest BCUT2D eigenvalue weighted by Crippen LogP contribution is 2.45. The predicted octanol–water partition coefficient (Wildman–Crippen LogP) is 2.78. The lowest BCUT2D eigenvalue weighted by Gasteiger charge is -2.34. The van der Waals surface area contributed by atoms with E-state index in [1.807, 2.05) is 6.07 Å². The fraction of sp³-hybridized carbons (Fsp3) is 0.409. The number of sulfone groups is 1. The Morgan fingerprint density at radius 2 is 1.67 bits per heavy atom. The minimum absolute atomic E-state index is 0.113. The van der Waals surface area contributed by atoms with Crippen LogP contribution in [0.25, 0.3) is 0 Å². The molecule has 0 radical (unpaired) electrons. The molecule has 2 N–H and O–H groups in total. The van der Waals surface area contributed by atoms with Gasteiger partial charge in [0, 0.05) is 24.8 Å². The highest BCUT2D eigenvalue weighted by Gasteiger charge is 2.55. The van der Waals surface area contributed by atoms with Gasteiger partial charge in [0.1, 0.15) is 10.7 Å². The van der Waals surface area contributed by atoms with Gasteiger partial charge in [0.2, 0.25) is 5.91 Å². The molecule has 1 amide bonds. The standard InChI is InChI=1S/C22H26FN3O3S/c23-17-6-8-18(9-7-17)24-21(27)16-26-14-10-19(11-15-26)25-22(12-13-22)30(28,29)20-4-2-1-3-5-20/h1-9,19,25H,10-16H2,(H,24,27). The van der Waals surface area contributed by atoms with Crippen molar-refractivity contribution in [3.8, 4) is 0 Å². The van der Waals surface area contributed by atoms with Gasteiger partial charge < -0.3 is 5.32 Å². The van der Waals surface area contributed by atoms with Crippen LogP contribution >= 0.6 is 0 Å². The van der Waals surface area contributed by atoms with Crippen LogP contribution in [-0.4, -0.2) is 49.8 Å². The third kappa shape index (κ3) is 4.55. The van der Waals surface area contributed by atoms with Gasteiger partial charge in [-0.05, 0) is 62.1 Å². The third-order valence-electron chi connectivity index (χ3n) is 5.82. The summed E-state index contributed by atoms with van der Waals surface area (Å²) >= 11 is 0. The summed E-state index contributed by atoms with van der Waals surface area (Å²) < 4.78 is 39.1. The second kappa shape index (κ2) is 8.45. The lowest BCUT2D eigenvalue weighted by molar-refractivity contribution is -0.117. The first kappa shape index (κ1) is 21.0. The van der Waals surface area contributed by atoms with Crippen molar-refractivity contribution in [1.29, 1.82) is 0 Å². The molecule has 2 fully saturated rings. The van der Waals surface area contributed by atoms with Gasteiger partial charge >= 0.3 is 0 Å². The van der Waals surface area contributed by atoms with E-state index in [1.54, 1.807) is 24.3 Å². The number of hydrogen-bond donors (Lipinski definition) is 2. The van der Waals surface area contributed by atoms with Crippen LogP contribution in [-0.2, 0) is 14.6 Å². The largest absolute Gasteiger partial charge is 0.325 e. The number of carbonyl (C=O) groups is 1. The average molecular weight is 432 g/mol. The number of anilines is 1. The number of benzene rings is 2. The van der Waals surface area contributed by atoms with Crippen LogP contribution < -0.4 is 10.6 Å². The van der Waals surface area contributed by atoms with E-state index in [2.05, 4.69) is 15.5 Å². The van der Waals surface area contributed by atoms with Crippen LogP contribution in [0.4, 0.5) is 10.1 Å². The van der Waals surface area contributed by atoms with E-state index in [4.69, 9.17) is 0 Å². The molecule has 1 saturated heterocycles. The number of likely N-dealkylation sites (tertiary alicyclic amines) is 1. The zero-order valence-electron chi connectivity index (χ0n) is 16.7. The van der Waals surface area contributed by atoms with Gasteiger partial charge in [0.05, 0.1) is 11.4 Å². The number of halogens is 1. The zero-order chi connectivity index (χ0) is 21.2. The minimum atomic E-state index is -3.41. The summed E-state index contributed by atoms with van der Waals surface area (Å²) in [5, 5.41) is 6.19. The van der Waals surface area contributed by atoms with E-state index in [0.29, 0.717) is 23.4 Å². The Bertz CT molecular complexity index is 984. The molecule has 4 rings (SSSR count). The monoisotopic (exact) mass is 431 g/mol. The van der Waals surface area contributed by atoms with Gasteiger partial charge in [-0.2, -0.15) is 0 Å². The van der Waals surface area contributed by atoms with E-state index in [9.17, 15) is 17.6 Å². The molecule has 0 atom stereocenters. The SMILES string of the molecule is O=C(CN1CCC(NC2(S(=O)(=O)c3ccccc3)CC2)CC1)Nc1ccc(F)cc1. The Kier molecular flexibility index (Phi) is 5.90. The van der Waals surface area contributed by atoms with E-state index in [0.717, 1.165) is 25.9 Å². The first-order valence-corrected chi connectivity index (χ1v) is 11.7. The molecule has 0 unspecified atom stereocenters. The number of piperidine rings is 1. The number of carbonyl (C=O) groups excluding carboxylic acids is 1. The zero-order valence-corrected chi connectivity index (χ0v) is 17.5. The Hall–Kier alpha value is -2.29. The molecule has 0 bridgehead atoms. The summed E-state index contributed by atoms with van der Waals surface area (Å²) in [5.74, 6) is -0.483. The Balaban J connectivity index is 1.28. The molecule has 0 aromatic heterocycles. The second-order valence-corrected chi connectivity index (χ2v) is 10.3. The van der Waals surface area contributed by atoms with Crippen molar-refractivity contribution >= 4 is 21.4 Å². The molecule has 0 spiro atoms. The predicted molar refractivity (Wildman–Crippen MR) is 113 cm³/mol. The fourth-order valence-corrected chi connectivity index (χ4v) is 5.90. The highest BCUT2D eigenvalue weighted by molar-refractivity contribution is 7.93. The molecular weight excluding hydrogens is 405 g/mol. The fourth-order valence-electron chi connectivity index (χ4n) is 3.97. The maximum absolute atomic E-state index is 13.0. The smallest absolute Gasteiger partial charge is 0.238 e. The maximum atomic E-state index is 13.0. The van der Waals surface area contributed by atoms with Crippen LogP contribution in [0, 0.1) is 5.82 Å². The number of amides is 1. The second-order valence-electron chi connectivity index (χ2n) is 8.06. The van der Waals surface area contributed by atoms with Crippen molar-refractivity contribution < 1.29 is 17.6 Å². The Morgan fingerprint density at radius 3 is 2.27 bits per heavy atom. The molecule has 8 heteroatoms. The van der Waals surface area contributed by atoms with Crippen molar-refractivity contribution in [1.82, 2.24) is 10.2 Å². The molecular formula is C22H26FN3O3S. The van der Waals surface area contributed by atoms with E-state index in [-0.39, 0.29) is 24.3 Å². The van der Waals surface area contributed by atoms with E-state index in [1.165, 1.54) is 24.3 Å². The number of nitrogens with one attached hydrogen (secondary N) is 2. The summed E-state index contributed by atoms with van der Waals surface area (Å²) in [6.07, 6.45) is 2.83. The molecule has 6 nitrogen and oxygen atoms in total. The van der Waals surface area contributed by atoms with Crippen molar-refractivity contribution in [2.24, 2.45) is 0 Å². The van der Waals surface area contributed by atoms with Crippen LogP contribution in [0.1, 0.15) is 25.7 Å². The summed E-state index contributed by atoms with van der Waals surface area (Å²) in [6.45, 7) is 1.70. The lowest BCUT2D eigenvalue weighted by atomic mass is 10.0. The lowest BCUT2D eigenvalue weighted by Crippen LogP contribution is -2.51. The molecule has 1 heterocycles. The number of nitrogens with zero attached hydrogens (tertiary/aromatic N) is 1. The highest BCUT2D eigenvalue weighted by atomic mass is 32.2. The van der Waals surface area contributed by atoms with Gasteiger partial charge in [-0.3, -0.25) is 15.0 Å². The summed E-state index contributed by atoms with van der Waals surface area (Å²) in [5.41, 5.74) is 0.569. The summed E-state index contributed by atoms with van der Waals surface area (Å²) in [6, 6.07) is 14.4. The van der Waals surface area contributed by atoms with E-state index >= 15 is 0 Å². The molecule has 2 aromatic rings. The Morgan fingerprint density at radius 1 is 1.03 bits per heavy atom. The van der Waals surface area contributed by atoms with Crippen molar-refractivity contribution in [3.05, 3.63) is 60.4 Å². The summed E-state index contributed by atoms with van der Waals surface area (Å²) in [7, 11) is -3.41. The Labute approximate surface area is 176 Å². The van der Waals surface area contributed by atoms with E-state index < -0.39 is 14.7 Å². The number of rotatable bonds is 7. The van der Waals surface area contributed by atoms with Crippen LogP contribution in [0.5, 0.6) is 0 Å². The summed E-state index contributed by atoms with van der Waals surface area (Å²) in [4.78, 5) is 13.8. The molecule has 2 aliphatic rings. The average Bonchev–Trinajstić information content (AvgIpc) is 3.53. The maximum Gasteiger partial charge on any atom is 0.238 e. The third-order valence-corrected chi connectivity index (χ3v) is 8.27. The first-order chi connectivity index (χ1) is 14.4. The molecule has 2 aromatic carbocycles. The van der Waals surface area contributed by atoms with Crippen LogP contribution in [0.15, 0.2) is 59.5 Å². The van der Waals surface area contributed by atoms with Gasteiger partial charge in [-0.15, -0.1) is 0 Å². The quantitative estimate of drug-likeness (QED) is 0.705. The molecule has 160 valence electrons. The van der Waals surface area contributed by atoms with Crippen molar-refractivity contribution in [2.75, 3.05) is 25.0 Å². The molecule has 1 saturated carbocycles. The molecule has 30 heavy (non-hydrogen) atoms. The van der Waals surface area contributed by atoms with Crippen molar-refractivity contribution in [3.63, 3.8) is 0 Å². The first-order valence-electron chi connectivity index (χ1n) is 10.2. The van der Waals surface area contributed by atoms with Gasteiger partial charge in [-0.1, -0.05) is 18.2 Å². The van der Waals surface area contributed by atoms with Gasteiger partial charge in [0.15, 0.2) is 9.84 Å². The topological polar surface area (TPSA) is 78.5 Å². The normalized spacial score (nSPS) is 19.4. The van der Waals surface area contributed by atoms with Gasteiger partial charge in [0.25, 0.3) is 0 Å². The van der Waals surface area contributed by atoms with Crippen molar-refractivity contribution in [2.45, 2.75) is 41.5 Å². The molecule has 1 aliphatic carbocycles. The number of hydrogen-bond acceptors (Lipinski definition) is 5. The van der Waals surface area contributed by atoms with Crippen LogP contribution in [0.2, 0.25) is 0 Å². The molecule has 1 aliphatic heterocycles. The van der Waals surface area contributed by atoms with Gasteiger partial charge in [-0.25, -0.2) is 12.8 Å². The van der Waals surface area contributed by atoms with Crippen LogP contribution in [0.3, 0.4) is 0 Å². The minimum Gasteiger partial charge on any atom is -0.325 e.